The van der Waals surface area contributed by atoms with E-state index < -0.39 is 0 Å². The summed E-state index contributed by atoms with van der Waals surface area (Å²) in [7, 11) is 0. The molecule has 2 aromatic rings. The molecule has 0 radical (unpaired) electrons. The molecule has 0 N–H and O–H groups in total. The van der Waals surface area contributed by atoms with Gasteiger partial charge in [0, 0.05) is 22.2 Å². The number of anilines is 1. The summed E-state index contributed by atoms with van der Waals surface area (Å²) in [5, 5.41) is 0.617. The predicted molar refractivity (Wildman–Crippen MR) is 85.1 cm³/mol. The lowest BCUT2D eigenvalue weighted by molar-refractivity contribution is -0.117. The van der Waals surface area contributed by atoms with Crippen LogP contribution in [0.2, 0.25) is 5.02 Å². The van der Waals surface area contributed by atoms with Crippen LogP contribution in [-0.2, 0) is 11.2 Å². The van der Waals surface area contributed by atoms with Crippen molar-refractivity contribution < 1.29 is 4.79 Å². The summed E-state index contributed by atoms with van der Waals surface area (Å²) in [6.07, 6.45) is 3.69. The van der Waals surface area contributed by atoms with Gasteiger partial charge in [-0.25, -0.2) is 0 Å². The first-order valence-corrected chi connectivity index (χ1v) is 7.42. The normalized spacial score (nSPS) is 10.3. The van der Waals surface area contributed by atoms with Crippen molar-refractivity contribution >= 4 is 39.1 Å². The zero-order valence-corrected chi connectivity index (χ0v) is 13.4. The molecule has 1 aromatic carbocycles. The van der Waals surface area contributed by atoms with Crippen LogP contribution < -0.4 is 4.90 Å². The molecule has 0 aliphatic rings. The van der Waals surface area contributed by atoms with Crippen molar-refractivity contribution in [1.29, 1.82) is 0 Å². The van der Waals surface area contributed by atoms with E-state index in [0.717, 1.165) is 15.7 Å². The number of halogens is 2. The number of rotatable bonds is 4. The summed E-state index contributed by atoms with van der Waals surface area (Å²) in [4.78, 5) is 18.2. The van der Waals surface area contributed by atoms with Crippen LogP contribution in [0.3, 0.4) is 0 Å². The van der Waals surface area contributed by atoms with E-state index in [1.807, 2.05) is 25.1 Å². The third-order valence-electron chi connectivity index (χ3n) is 2.85. The first-order valence-electron chi connectivity index (χ1n) is 6.25. The summed E-state index contributed by atoms with van der Waals surface area (Å²) in [6.45, 7) is 2.55. The molecule has 0 aliphatic heterocycles. The number of hydrogen-bond acceptors (Lipinski definition) is 2. The number of likely N-dealkylation sites (N-methyl/N-ethyl adjacent to an activating group) is 1. The van der Waals surface area contributed by atoms with Crippen molar-refractivity contribution in [2.75, 3.05) is 11.4 Å². The minimum Gasteiger partial charge on any atom is -0.311 e. The molecule has 0 fully saturated rings. The summed E-state index contributed by atoms with van der Waals surface area (Å²) < 4.78 is 0.872. The number of amides is 1. The van der Waals surface area contributed by atoms with Crippen LogP contribution in [0, 0.1) is 0 Å². The van der Waals surface area contributed by atoms with Crippen molar-refractivity contribution in [3.8, 4) is 0 Å². The zero-order valence-electron chi connectivity index (χ0n) is 11.0. The van der Waals surface area contributed by atoms with E-state index in [1.165, 1.54) is 0 Å². The predicted octanol–water partition coefficient (Wildman–Crippen LogP) is 4.09. The van der Waals surface area contributed by atoms with E-state index >= 15 is 0 Å². The van der Waals surface area contributed by atoms with Gasteiger partial charge in [-0.1, -0.05) is 27.5 Å². The maximum Gasteiger partial charge on any atom is 0.231 e. The molecule has 0 saturated carbocycles. The van der Waals surface area contributed by atoms with E-state index in [2.05, 4.69) is 20.9 Å². The fourth-order valence-corrected chi connectivity index (χ4v) is 2.93. The van der Waals surface area contributed by atoms with Gasteiger partial charge in [0.05, 0.1) is 18.3 Å². The Kier molecular flexibility index (Phi) is 5.15. The molecule has 2 rings (SSSR count). The lowest BCUT2D eigenvalue weighted by Gasteiger charge is -2.20. The van der Waals surface area contributed by atoms with Crippen LogP contribution in [0.5, 0.6) is 0 Å². The molecule has 1 heterocycles. The van der Waals surface area contributed by atoms with Gasteiger partial charge < -0.3 is 4.90 Å². The van der Waals surface area contributed by atoms with Gasteiger partial charge in [0.2, 0.25) is 5.91 Å². The standard InChI is InChI=1S/C15H14BrClN2O/c1-2-19(14-4-3-5-18-10-14)15(20)8-11-6-12(16)9-13(17)7-11/h3-7,9-10H,2,8H2,1H3. The van der Waals surface area contributed by atoms with Crippen LogP contribution in [0.25, 0.3) is 0 Å². The quantitative estimate of drug-likeness (QED) is 0.829. The van der Waals surface area contributed by atoms with Crippen molar-refractivity contribution in [1.82, 2.24) is 4.98 Å². The van der Waals surface area contributed by atoms with Gasteiger partial charge in [0.1, 0.15) is 0 Å². The van der Waals surface area contributed by atoms with Crippen LogP contribution in [0.4, 0.5) is 5.69 Å². The Morgan fingerprint density at radius 1 is 1.40 bits per heavy atom. The Balaban J connectivity index is 2.18. The molecule has 104 valence electrons. The minimum atomic E-state index is 0.0228. The molecule has 0 unspecified atom stereocenters. The molecule has 5 heteroatoms. The molecule has 20 heavy (non-hydrogen) atoms. The van der Waals surface area contributed by atoms with Crippen molar-refractivity contribution in [2.24, 2.45) is 0 Å². The largest absolute Gasteiger partial charge is 0.311 e. The van der Waals surface area contributed by atoms with E-state index in [-0.39, 0.29) is 5.91 Å². The number of nitrogens with zero attached hydrogens (tertiary/aromatic N) is 2. The zero-order chi connectivity index (χ0) is 14.5. The molecule has 0 atom stereocenters. The average Bonchev–Trinajstić information content (AvgIpc) is 2.39. The molecular weight excluding hydrogens is 340 g/mol. The smallest absolute Gasteiger partial charge is 0.231 e. The van der Waals surface area contributed by atoms with Gasteiger partial charge in [-0.3, -0.25) is 9.78 Å². The maximum atomic E-state index is 12.4. The molecule has 1 aromatic heterocycles. The van der Waals surface area contributed by atoms with Gasteiger partial charge in [-0.15, -0.1) is 0 Å². The first-order chi connectivity index (χ1) is 9.60. The summed E-state index contributed by atoms with van der Waals surface area (Å²) in [6, 6.07) is 9.21. The van der Waals surface area contributed by atoms with E-state index in [0.29, 0.717) is 18.0 Å². The van der Waals surface area contributed by atoms with Gasteiger partial charge in [-0.05, 0) is 42.8 Å². The molecule has 0 spiro atoms. The Morgan fingerprint density at radius 2 is 2.20 bits per heavy atom. The van der Waals surface area contributed by atoms with E-state index in [4.69, 9.17) is 11.6 Å². The number of carbonyl (C=O) groups excluding carboxylic acids is 1. The number of hydrogen-bond donors (Lipinski definition) is 0. The molecule has 3 nitrogen and oxygen atoms in total. The molecule has 1 amide bonds. The highest BCUT2D eigenvalue weighted by atomic mass is 79.9. The van der Waals surface area contributed by atoms with Crippen molar-refractivity contribution in [3.63, 3.8) is 0 Å². The second-order valence-corrected chi connectivity index (χ2v) is 5.66. The Bertz CT molecular complexity index is 584. The van der Waals surface area contributed by atoms with Crippen LogP contribution in [-0.4, -0.2) is 17.4 Å². The van der Waals surface area contributed by atoms with Gasteiger partial charge in [-0.2, -0.15) is 0 Å². The van der Waals surface area contributed by atoms with Crippen molar-refractivity contribution in [3.05, 3.63) is 57.8 Å². The van der Waals surface area contributed by atoms with E-state index in [9.17, 15) is 4.79 Å². The lowest BCUT2D eigenvalue weighted by atomic mass is 10.1. The van der Waals surface area contributed by atoms with Crippen LogP contribution in [0.15, 0.2) is 47.2 Å². The summed E-state index contributed by atoms with van der Waals surface area (Å²) in [5.41, 5.74) is 1.69. The fourth-order valence-electron chi connectivity index (χ4n) is 2.00. The second kappa shape index (κ2) is 6.86. The van der Waals surface area contributed by atoms with Gasteiger partial charge in [0.15, 0.2) is 0 Å². The summed E-state index contributed by atoms with van der Waals surface area (Å²) in [5.74, 6) is 0.0228. The van der Waals surface area contributed by atoms with Crippen molar-refractivity contribution in [2.45, 2.75) is 13.3 Å². The highest BCUT2D eigenvalue weighted by Gasteiger charge is 2.14. The molecule has 0 saturated heterocycles. The number of aromatic nitrogens is 1. The Hall–Kier alpha value is -1.39. The average molecular weight is 354 g/mol. The topological polar surface area (TPSA) is 33.2 Å². The summed E-state index contributed by atoms with van der Waals surface area (Å²) >= 11 is 9.38. The second-order valence-electron chi connectivity index (χ2n) is 4.30. The number of pyridine rings is 1. The molecule has 0 bridgehead atoms. The monoisotopic (exact) mass is 352 g/mol. The molecular formula is C15H14BrClN2O. The third-order valence-corrected chi connectivity index (χ3v) is 3.53. The fraction of sp³-hybridized carbons (Fsp3) is 0.200. The third kappa shape index (κ3) is 3.81. The molecule has 0 aliphatic carbocycles. The number of carbonyl (C=O) groups is 1. The Labute approximate surface area is 131 Å². The highest BCUT2D eigenvalue weighted by Crippen LogP contribution is 2.21. The van der Waals surface area contributed by atoms with Gasteiger partial charge >= 0.3 is 0 Å². The highest BCUT2D eigenvalue weighted by molar-refractivity contribution is 9.10. The van der Waals surface area contributed by atoms with Crippen LogP contribution in [0.1, 0.15) is 12.5 Å². The SMILES string of the molecule is CCN(C(=O)Cc1cc(Cl)cc(Br)c1)c1cccnc1. The number of benzene rings is 1. The Morgan fingerprint density at radius 3 is 2.80 bits per heavy atom. The first kappa shape index (κ1) is 15.0. The minimum absolute atomic E-state index is 0.0228. The lowest BCUT2D eigenvalue weighted by Crippen LogP contribution is -2.32. The van der Waals surface area contributed by atoms with Crippen LogP contribution >= 0.6 is 27.5 Å². The van der Waals surface area contributed by atoms with Gasteiger partial charge in [0.25, 0.3) is 0 Å². The maximum absolute atomic E-state index is 12.4. The van der Waals surface area contributed by atoms with E-state index in [1.54, 1.807) is 29.4 Å².